The van der Waals surface area contributed by atoms with E-state index in [4.69, 9.17) is 0 Å². The van der Waals surface area contributed by atoms with E-state index in [0.717, 1.165) is 12.1 Å². The standard InChI is InChI=1S/C16H20N4O2/c1-5-11(4)17-18-15(21)14-12-8-6-7-9-13(12)16(22)20(19-14)10(2)3/h6-10H,5H2,1-4H3,(H,18,21)/b17-11-. The van der Waals surface area contributed by atoms with Gasteiger partial charge in [-0.25, -0.2) is 10.1 Å². The molecule has 0 spiro atoms. The first kappa shape index (κ1) is 15.9. The van der Waals surface area contributed by atoms with Gasteiger partial charge in [0.2, 0.25) is 0 Å². The Morgan fingerprint density at radius 3 is 2.55 bits per heavy atom. The van der Waals surface area contributed by atoms with Crippen LogP contribution >= 0.6 is 0 Å². The van der Waals surface area contributed by atoms with Crippen LogP contribution in [0.25, 0.3) is 10.8 Å². The molecule has 0 aliphatic rings. The molecule has 2 rings (SSSR count). The maximum absolute atomic E-state index is 12.4. The summed E-state index contributed by atoms with van der Waals surface area (Å²) >= 11 is 0. The van der Waals surface area contributed by atoms with Crippen molar-refractivity contribution >= 4 is 22.4 Å². The lowest BCUT2D eigenvalue weighted by Gasteiger charge is -2.12. The van der Waals surface area contributed by atoms with E-state index in [1.807, 2.05) is 27.7 Å². The highest BCUT2D eigenvalue weighted by Crippen LogP contribution is 2.14. The number of nitrogens with one attached hydrogen (secondary N) is 1. The molecule has 1 aromatic carbocycles. The first-order valence-corrected chi connectivity index (χ1v) is 7.30. The first-order chi connectivity index (χ1) is 10.5. The molecule has 6 heteroatoms. The lowest BCUT2D eigenvalue weighted by molar-refractivity contribution is 0.0949. The molecule has 1 amide bonds. The van der Waals surface area contributed by atoms with Crippen LogP contribution in [0.5, 0.6) is 0 Å². The third-order valence-corrected chi connectivity index (χ3v) is 3.39. The van der Waals surface area contributed by atoms with Gasteiger partial charge in [-0.3, -0.25) is 9.59 Å². The molecule has 0 unspecified atom stereocenters. The van der Waals surface area contributed by atoms with Crippen molar-refractivity contribution in [1.82, 2.24) is 15.2 Å². The van der Waals surface area contributed by atoms with Crippen molar-refractivity contribution in [1.29, 1.82) is 0 Å². The number of rotatable bonds is 4. The molecule has 0 radical (unpaired) electrons. The zero-order valence-electron chi connectivity index (χ0n) is 13.3. The summed E-state index contributed by atoms with van der Waals surface area (Å²) in [6.45, 7) is 7.49. The SMILES string of the molecule is CC/C(C)=N\NC(=O)c1nn(C(C)C)c(=O)c2ccccc12. The Kier molecular flexibility index (Phi) is 4.70. The summed E-state index contributed by atoms with van der Waals surface area (Å²) in [7, 11) is 0. The van der Waals surface area contributed by atoms with Gasteiger partial charge >= 0.3 is 0 Å². The van der Waals surface area contributed by atoms with E-state index < -0.39 is 5.91 Å². The number of benzene rings is 1. The van der Waals surface area contributed by atoms with Gasteiger partial charge < -0.3 is 0 Å². The van der Waals surface area contributed by atoms with Crippen molar-refractivity contribution in [3.8, 4) is 0 Å². The monoisotopic (exact) mass is 300 g/mol. The Morgan fingerprint density at radius 2 is 1.95 bits per heavy atom. The van der Waals surface area contributed by atoms with Crippen LogP contribution in [0.1, 0.15) is 50.6 Å². The maximum atomic E-state index is 12.4. The van der Waals surface area contributed by atoms with Crippen LogP contribution in [0.15, 0.2) is 34.2 Å². The first-order valence-electron chi connectivity index (χ1n) is 7.30. The van der Waals surface area contributed by atoms with Crippen LogP contribution in [-0.4, -0.2) is 21.4 Å². The van der Waals surface area contributed by atoms with E-state index in [1.54, 1.807) is 24.3 Å². The molecule has 0 atom stereocenters. The highest BCUT2D eigenvalue weighted by atomic mass is 16.2. The van der Waals surface area contributed by atoms with Gasteiger partial charge in [-0.05, 0) is 33.3 Å². The Balaban J connectivity index is 2.60. The third-order valence-electron chi connectivity index (χ3n) is 3.39. The van der Waals surface area contributed by atoms with Gasteiger partial charge in [0.25, 0.3) is 11.5 Å². The maximum Gasteiger partial charge on any atom is 0.292 e. The van der Waals surface area contributed by atoms with Gasteiger partial charge in [-0.2, -0.15) is 10.2 Å². The summed E-state index contributed by atoms with van der Waals surface area (Å²) in [6.07, 6.45) is 0.750. The smallest absolute Gasteiger partial charge is 0.267 e. The van der Waals surface area contributed by atoms with Crippen molar-refractivity contribution in [2.45, 2.75) is 40.2 Å². The Labute approximate surface area is 128 Å². The van der Waals surface area contributed by atoms with E-state index in [0.29, 0.717) is 10.8 Å². The van der Waals surface area contributed by atoms with Gasteiger partial charge in [0.05, 0.1) is 11.4 Å². The molecule has 116 valence electrons. The average Bonchev–Trinajstić information content (AvgIpc) is 2.52. The van der Waals surface area contributed by atoms with Crippen LogP contribution in [0, 0.1) is 0 Å². The van der Waals surface area contributed by atoms with Crippen LogP contribution in [0.4, 0.5) is 0 Å². The lowest BCUT2D eigenvalue weighted by Crippen LogP contribution is -2.30. The Morgan fingerprint density at radius 1 is 1.32 bits per heavy atom. The highest BCUT2D eigenvalue weighted by molar-refractivity contribution is 6.05. The minimum atomic E-state index is -0.418. The number of carbonyl (C=O) groups excluding carboxylic acids is 1. The van der Waals surface area contributed by atoms with Gasteiger partial charge in [-0.15, -0.1) is 0 Å². The van der Waals surface area contributed by atoms with Gasteiger partial charge in [-0.1, -0.05) is 25.1 Å². The van der Waals surface area contributed by atoms with Gasteiger partial charge in [0.1, 0.15) is 0 Å². The van der Waals surface area contributed by atoms with Gasteiger partial charge in [0.15, 0.2) is 5.69 Å². The molecule has 1 N–H and O–H groups in total. The van der Waals surface area contributed by atoms with Crippen LogP contribution in [0.2, 0.25) is 0 Å². The predicted molar refractivity (Wildman–Crippen MR) is 87.3 cm³/mol. The summed E-state index contributed by atoms with van der Waals surface area (Å²) in [4.78, 5) is 24.8. The van der Waals surface area contributed by atoms with E-state index in [-0.39, 0.29) is 17.3 Å². The van der Waals surface area contributed by atoms with E-state index in [1.165, 1.54) is 4.68 Å². The van der Waals surface area contributed by atoms with Gasteiger partial charge in [0, 0.05) is 11.1 Å². The third kappa shape index (κ3) is 3.05. The number of carbonyl (C=O) groups is 1. The van der Waals surface area contributed by atoms with E-state index >= 15 is 0 Å². The number of hydrazone groups is 1. The second-order valence-electron chi connectivity index (χ2n) is 5.38. The largest absolute Gasteiger partial charge is 0.292 e. The Hall–Kier alpha value is -2.50. The van der Waals surface area contributed by atoms with Crippen molar-refractivity contribution < 1.29 is 4.79 Å². The molecule has 0 bridgehead atoms. The Bertz CT molecular complexity index is 790. The zero-order valence-corrected chi connectivity index (χ0v) is 13.3. The number of fused-ring (bicyclic) bond motifs is 1. The zero-order chi connectivity index (χ0) is 16.3. The summed E-state index contributed by atoms with van der Waals surface area (Å²) in [5.41, 5.74) is 3.32. The second kappa shape index (κ2) is 6.51. The average molecular weight is 300 g/mol. The second-order valence-corrected chi connectivity index (χ2v) is 5.38. The fourth-order valence-electron chi connectivity index (χ4n) is 2.00. The number of amides is 1. The molecule has 22 heavy (non-hydrogen) atoms. The summed E-state index contributed by atoms with van der Waals surface area (Å²) in [6, 6.07) is 6.84. The number of hydrogen-bond acceptors (Lipinski definition) is 4. The number of aromatic nitrogens is 2. The normalized spacial score (nSPS) is 12.0. The molecule has 6 nitrogen and oxygen atoms in total. The fourth-order valence-corrected chi connectivity index (χ4v) is 2.00. The van der Waals surface area contributed by atoms with E-state index in [9.17, 15) is 9.59 Å². The van der Waals surface area contributed by atoms with Crippen LogP contribution in [-0.2, 0) is 0 Å². The molecule has 0 saturated carbocycles. The fraction of sp³-hybridized carbons (Fsp3) is 0.375. The lowest BCUT2D eigenvalue weighted by atomic mass is 10.1. The molecule has 0 aliphatic carbocycles. The quantitative estimate of drug-likeness (QED) is 0.696. The van der Waals surface area contributed by atoms with E-state index in [2.05, 4.69) is 15.6 Å². The highest BCUT2D eigenvalue weighted by Gasteiger charge is 2.17. The molecule has 2 aromatic rings. The molecule has 0 fully saturated rings. The minimum absolute atomic E-state index is 0.135. The summed E-state index contributed by atoms with van der Waals surface area (Å²) in [5.74, 6) is -0.418. The minimum Gasteiger partial charge on any atom is -0.267 e. The van der Waals surface area contributed by atoms with Crippen LogP contribution < -0.4 is 11.0 Å². The predicted octanol–water partition coefficient (Wildman–Crippen LogP) is 2.49. The number of nitrogens with zero attached hydrogens (tertiary/aromatic N) is 3. The van der Waals surface area contributed by atoms with Crippen molar-refractivity contribution in [3.63, 3.8) is 0 Å². The van der Waals surface area contributed by atoms with Crippen molar-refractivity contribution in [3.05, 3.63) is 40.3 Å². The molecule has 1 aromatic heterocycles. The van der Waals surface area contributed by atoms with Crippen molar-refractivity contribution in [2.24, 2.45) is 5.10 Å². The molecule has 1 heterocycles. The summed E-state index contributed by atoms with van der Waals surface area (Å²) < 4.78 is 1.33. The van der Waals surface area contributed by atoms with Crippen LogP contribution in [0.3, 0.4) is 0 Å². The topological polar surface area (TPSA) is 76.3 Å². The molecule has 0 aliphatic heterocycles. The number of hydrogen-bond donors (Lipinski definition) is 1. The summed E-state index contributed by atoms with van der Waals surface area (Å²) in [5, 5.41) is 9.25. The molecular weight excluding hydrogens is 280 g/mol. The molecular formula is C16H20N4O2. The molecule has 0 saturated heterocycles. The van der Waals surface area contributed by atoms with Crippen molar-refractivity contribution in [2.75, 3.05) is 0 Å².